The maximum absolute atomic E-state index is 12.2. The summed E-state index contributed by atoms with van der Waals surface area (Å²) in [6, 6.07) is 7.58. The molecule has 114 valence electrons. The van der Waals surface area contributed by atoms with Gasteiger partial charge in [0.05, 0.1) is 13.3 Å². The first-order chi connectivity index (χ1) is 9.96. The average molecular weight is 299 g/mol. The van der Waals surface area contributed by atoms with Crippen LogP contribution in [0.25, 0.3) is 0 Å². The van der Waals surface area contributed by atoms with E-state index in [0.717, 1.165) is 16.0 Å². The Morgan fingerprint density at radius 2 is 1.81 bits per heavy atom. The summed E-state index contributed by atoms with van der Waals surface area (Å²) in [5, 5.41) is 6.85. The molecular formula is C14H16F3N3O. The van der Waals surface area contributed by atoms with Gasteiger partial charge in [-0.05, 0) is 17.7 Å². The van der Waals surface area contributed by atoms with E-state index in [-0.39, 0.29) is 0 Å². The minimum Gasteiger partial charge on any atom is -0.497 e. The van der Waals surface area contributed by atoms with Gasteiger partial charge in [-0.3, -0.25) is 4.68 Å². The second kappa shape index (κ2) is 6.62. The van der Waals surface area contributed by atoms with E-state index in [4.69, 9.17) is 4.74 Å². The summed E-state index contributed by atoms with van der Waals surface area (Å²) in [6.45, 7) is 0.0177. The minimum atomic E-state index is -4.25. The molecule has 0 spiro atoms. The molecule has 0 amide bonds. The molecule has 0 unspecified atom stereocenters. The molecule has 1 aromatic heterocycles. The number of rotatable bonds is 6. The van der Waals surface area contributed by atoms with Crippen molar-refractivity contribution in [1.29, 1.82) is 0 Å². The molecule has 1 N–H and O–H groups in total. The first kappa shape index (κ1) is 15.4. The lowest BCUT2D eigenvalue weighted by Gasteiger charge is -2.06. The molecule has 0 saturated heterocycles. The van der Waals surface area contributed by atoms with Crippen molar-refractivity contribution < 1.29 is 17.9 Å². The van der Waals surface area contributed by atoms with Crippen LogP contribution in [-0.4, -0.2) is 23.1 Å². The summed E-state index contributed by atoms with van der Waals surface area (Å²) in [5.74, 6) is 0.784. The Morgan fingerprint density at radius 1 is 1.14 bits per heavy atom. The van der Waals surface area contributed by atoms with Crippen LogP contribution in [0.2, 0.25) is 0 Å². The summed E-state index contributed by atoms with van der Waals surface area (Å²) in [5.41, 5.74) is 1.78. The summed E-state index contributed by atoms with van der Waals surface area (Å²) < 4.78 is 42.6. The van der Waals surface area contributed by atoms with Crippen LogP contribution in [-0.2, 0) is 19.6 Å². The molecular weight excluding hydrogens is 283 g/mol. The number of methoxy groups -OCH3 is 1. The lowest BCUT2D eigenvalue weighted by Crippen LogP contribution is -2.18. The van der Waals surface area contributed by atoms with Crippen LogP contribution in [0.15, 0.2) is 36.7 Å². The Balaban J connectivity index is 1.80. The second-order valence-electron chi connectivity index (χ2n) is 4.61. The Morgan fingerprint density at radius 3 is 2.43 bits per heavy atom. The van der Waals surface area contributed by atoms with Gasteiger partial charge in [0.15, 0.2) is 0 Å². The fourth-order valence-electron chi connectivity index (χ4n) is 1.86. The Hall–Kier alpha value is -2.02. The molecule has 1 heterocycles. The van der Waals surface area contributed by atoms with E-state index in [1.165, 1.54) is 12.4 Å². The molecule has 0 radical (unpaired) electrons. The predicted octanol–water partition coefficient (Wildman–Crippen LogP) is 2.74. The number of halogens is 3. The number of alkyl halides is 3. The molecule has 0 aliphatic heterocycles. The number of ether oxygens (including phenoxy) is 1. The van der Waals surface area contributed by atoms with Gasteiger partial charge in [-0.2, -0.15) is 18.3 Å². The third kappa shape index (κ3) is 5.11. The zero-order valence-corrected chi connectivity index (χ0v) is 11.5. The quantitative estimate of drug-likeness (QED) is 0.891. The molecule has 7 heteroatoms. The Bertz CT molecular complexity index is 564. The largest absolute Gasteiger partial charge is 0.497 e. The SMILES string of the molecule is COc1ccc(CNCc2cnn(CC(F)(F)F)c2)cc1. The topological polar surface area (TPSA) is 39.1 Å². The highest BCUT2D eigenvalue weighted by Crippen LogP contribution is 2.17. The molecule has 0 atom stereocenters. The number of hydrogen-bond acceptors (Lipinski definition) is 3. The minimum absolute atomic E-state index is 0.462. The van der Waals surface area contributed by atoms with Crippen LogP contribution >= 0.6 is 0 Å². The highest BCUT2D eigenvalue weighted by molar-refractivity contribution is 5.27. The van der Waals surface area contributed by atoms with Crippen molar-refractivity contribution in [2.24, 2.45) is 0 Å². The van der Waals surface area contributed by atoms with Crippen molar-refractivity contribution in [2.45, 2.75) is 25.8 Å². The highest BCUT2D eigenvalue weighted by Gasteiger charge is 2.28. The van der Waals surface area contributed by atoms with Gasteiger partial charge in [0.25, 0.3) is 0 Å². The Kier molecular flexibility index (Phi) is 4.85. The van der Waals surface area contributed by atoms with Gasteiger partial charge in [0.2, 0.25) is 0 Å². The average Bonchev–Trinajstić information content (AvgIpc) is 2.85. The summed E-state index contributed by atoms with van der Waals surface area (Å²) in [6.07, 6.45) is -1.42. The smallest absolute Gasteiger partial charge is 0.408 e. The molecule has 4 nitrogen and oxygen atoms in total. The lowest BCUT2D eigenvalue weighted by molar-refractivity contribution is -0.142. The normalized spacial score (nSPS) is 11.6. The van der Waals surface area contributed by atoms with Crippen molar-refractivity contribution in [3.8, 4) is 5.75 Å². The van der Waals surface area contributed by atoms with Gasteiger partial charge in [0, 0.05) is 24.8 Å². The van der Waals surface area contributed by atoms with E-state index >= 15 is 0 Å². The van der Waals surface area contributed by atoms with Crippen molar-refractivity contribution in [3.63, 3.8) is 0 Å². The van der Waals surface area contributed by atoms with Crippen LogP contribution < -0.4 is 10.1 Å². The number of nitrogens with one attached hydrogen (secondary N) is 1. The zero-order chi connectivity index (χ0) is 15.3. The molecule has 1 aromatic carbocycles. The van der Waals surface area contributed by atoms with Gasteiger partial charge >= 0.3 is 6.18 Å². The third-order valence-corrected chi connectivity index (χ3v) is 2.85. The van der Waals surface area contributed by atoms with Gasteiger partial charge in [-0.1, -0.05) is 12.1 Å². The summed E-state index contributed by atoms with van der Waals surface area (Å²) >= 11 is 0. The van der Waals surface area contributed by atoms with Gasteiger partial charge in [0.1, 0.15) is 12.3 Å². The van der Waals surface area contributed by atoms with Crippen molar-refractivity contribution in [3.05, 3.63) is 47.8 Å². The van der Waals surface area contributed by atoms with E-state index in [1.807, 2.05) is 24.3 Å². The monoisotopic (exact) mass is 299 g/mol. The fraction of sp³-hybridized carbons (Fsp3) is 0.357. The molecule has 2 aromatic rings. The third-order valence-electron chi connectivity index (χ3n) is 2.85. The molecule has 0 aliphatic carbocycles. The predicted molar refractivity (Wildman–Crippen MR) is 71.8 cm³/mol. The van der Waals surface area contributed by atoms with E-state index in [2.05, 4.69) is 10.4 Å². The molecule has 0 fully saturated rings. The van der Waals surface area contributed by atoms with E-state index in [0.29, 0.717) is 18.7 Å². The maximum atomic E-state index is 12.2. The van der Waals surface area contributed by atoms with Gasteiger partial charge in [-0.25, -0.2) is 0 Å². The van der Waals surface area contributed by atoms with Crippen LogP contribution in [0.5, 0.6) is 5.75 Å². The number of hydrogen-bond donors (Lipinski definition) is 1. The zero-order valence-electron chi connectivity index (χ0n) is 11.5. The summed E-state index contributed by atoms with van der Waals surface area (Å²) in [4.78, 5) is 0. The number of aromatic nitrogens is 2. The van der Waals surface area contributed by atoms with Gasteiger partial charge in [-0.15, -0.1) is 0 Å². The highest BCUT2D eigenvalue weighted by atomic mass is 19.4. The molecule has 2 rings (SSSR count). The molecule has 0 saturated carbocycles. The molecule has 0 aliphatic rings. The summed E-state index contributed by atoms with van der Waals surface area (Å²) in [7, 11) is 1.60. The first-order valence-corrected chi connectivity index (χ1v) is 6.38. The standard InChI is InChI=1S/C14H16F3N3O/c1-21-13-4-2-11(3-5-13)6-18-7-12-8-19-20(9-12)10-14(15,16)17/h2-5,8-9,18H,6-7,10H2,1H3. The van der Waals surface area contributed by atoms with E-state index in [1.54, 1.807) is 7.11 Å². The van der Waals surface area contributed by atoms with Crippen LogP contribution in [0.4, 0.5) is 13.2 Å². The first-order valence-electron chi connectivity index (χ1n) is 6.38. The molecule has 21 heavy (non-hydrogen) atoms. The van der Waals surface area contributed by atoms with Crippen molar-refractivity contribution in [1.82, 2.24) is 15.1 Å². The van der Waals surface area contributed by atoms with E-state index < -0.39 is 12.7 Å². The fourth-order valence-corrected chi connectivity index (χ4v) is 1.86. The number of nitrogens with zero attached hydrogens (tertiary/aromatic N) is 2. The van der Waals surface area contributed by atoms with Crippen molar-refractivity contribution in [2.75, 3.05) is 7.11 Å². The van der Waals surface area contributed by atoms with Crippen LogP contribution in [0.1, 0.15) is 11.1 Å². The lowest BCUT2D eigenvalue weighted by atomic mass is 10.2. The van der Waals surface area contributed by atoms with Crippen LogP contribution in [0, 0.1) is 0 Å². The number of benzene rings is 1. The maximum Gasteiger partial charge on any atom is 0.408 e. The van der Waals surface area contributed by atoms with E-state index in [9.17, 15) is 13.2 Å². The second-order valence-corrected chi connectivity index (χ2v) is 4.61. The molecule has 0 bridgehead atoms. The van der Waals surface area contributed by atoms with Gasteiger partial charge < -0.3 is 10.1 Å². The van der Waals surface area contributed by atoms with Crippen molar-refractivity contribution >= 4 is 0 Å². The van der Waals surface area contributed by atoms with Crippen LogP contribution in [0.3, 0.4) is 0 Å². The Labute approximate surface area is 120 Å².